The lowest BCUT2D eigenvalue weighted by atomic mass is 9.90. The minimum Gasteiger partial charge on any atom is -0.0925 e. The standard InChI is InChI=1S/C9H13Br/c1-6-2-7-3-8(5-10)9(6)4-7/h2,7-9H,3-5H2,1H3. The Hall–Kier alpha value is 0.220. The van der Waals surface area contributed by atoms with Crippen LogP contribution in [0.5, 0.6) is 0 Å². The van der Waals surface area contributed by atoms with Crippen molar-refractivity contribution in [3.05, 3.63) is 11.6 Å². The highest BCUT2D eigenvalue weighted by Gasteiger charge is 2.37. The predicted molar refractivity (Wildman–Crippen MR) is 47.3 cm³/mol. The monoisotopic (exact) mass is 200 g/mol. The summed E-state index contributed by atoms with van der Waals surface area (Å²) in [7, 11) is 0. The number of hydrogen-bond donors (Lipinski definition) is 0. The summed E-state index contributed by atoms with van der Waals surface area (Å²) in [6.45, 7) is 2.29. The summed E-state index contributed by atoms with van der Waals surface area (Å²) in [4.78, 5) is 0. The molecular weight excluding hydrogens is 188 g/mol. The van der Waals surface area contributed by atoms with Crippen molar-refractivity contribution in [3.8, 4) is 0 Å². The third kappa shape index (κ3) is 0.868. The number of hydrogen-bond acceptors (Lipinski definition) is 0. The van der Waals surface area contributed by atoms with E-state index in [9.17, 15) is 0 Å². The van der Waals surface area contributed by atoms with Gasteiger partial charge in [-0.1, -0.05) is 27.6 Å². The summed E-state index contributed by atoms with van der Waals surface area (Å²) in [5.41, 5.74) is 1.65. The lowest BCUT2D eigenvalue weighted by Gasteiger charge is -2.18. The first-order valence-electron chi connectivity index (χ1n) is 4.05. The Morgan fingerprint density at radius 1 is 1.60 bits per heavy atom. The molecule has 3 atom stereocenters. The van der Waals surface area contributed by atoms with E-state index in [1.807, 2.05) is 0 Å². The third-order valence-electron chi connectivity index (χ3n) is 3.01. The zero-order valence-electron chi connectivity index (χ0n) is 6.31. The van der Waals surface area contributed by atoms with Crippen molar-refractivity contribution in [2.75, 3.05) is 5.33 Å². The Balaban J connectivity index is 2.16. The maximum Gasteiger partial charge on any atom is 0.00656 e. The van der Waals surface area contributed by atoms with Crippen LogP contribution in [0.4, 0.5) is 0 Å². The Labute approximate surface area is 70.8 Å². The van der Waals surface area contributed by atoms with Crippen LogP contribution in [-0.4, -0.2) is 5.33 Å². The number of rotatable bonds is 1. The van der Waals surface area contributed by atoms with Gasteiger partial charge in [-0.2, -0.15) is 0 Å². The topological polar surface area (TPSA) is 0 Å². The quantitative estimate of drug-likeness (QED) is 0.452. The molecule has 0 nitrogen and oxygen atoms in total. The number of allylic oxidation sites excluding steroid dienone is 2. The second-order valence-corrected chi connectivity index (χ2v) is 4.31. The van der Waals surface area contributed by atoms with Gasteiger partial charge < -0.3 is 0 Å². The molecule has 2 rings (SSSR count). The summed E-state index contributed by atoms with van der Waals surface area (Å²) in [5.74, 6) is 2.83. The van der Waals surface area contributed by atoms with Gasteiger partial charge in [0.1, 0.15) is 0 Å². The molecule has 2 bridgehead atoms. The molecule has 1 fully saturated rings. The molecule has 0 aromatic carbocycles. The first-order valence-corrected chi connectivity index (χ1v) is 5.17. The molecule has 0 amide bonds. The van der Waals surface area contributed by atoms with E-state index >= 15 is 0 Å². The second-order valence-electron chi connectivity index (χ2n) is 3.66. The zero-order valence-corrected chi connectivity index (χ0v) is 7.89. The maximum atomic E-state index is 3.58. The lowest BCUT2D eigenvalue weighted by Crippen LogP contribution is -2.11. The molecule has 0 aromatic heterocycles. The molecule has 2 aliphatic rings. The SMILES string of the molecule is CC1=CC2CC(CBr)C1C2. The molecule has 0 N–H and O–H groups in total. The van der Waals surface area contributed by atoms with E-state index in [0.29, 0.717) is 0 Å². The summed E-state index contributed by atoms with van der Waals surface area (Å²) in [6, 6.07) is 0. The number of fused-ring (bicyclic) bond motifs is 2. The van der Waals surface area contributed by atoms with E-state index in [1.165, 1.54) is 18.2 Å². The van der Waals surface area contributed by atoms with Gasteiger partial charge in [0.25, 0.3) is 0 Å². The third-order valence-corrected chi connectivity index (χ3v) is 3.84. The summed E-state index contributed by atoms with van der Waals surface area (Å²) < 4.78 is 0. The van der Waals surface area contributed by atoms with Crippen LogP contribution in [0.3, 0.4) is 0 Å². The minimum absolute atomic E-state index is 0.935. The molecule has 1 heteroatoms. The zero-order chi connectivity index (χ0) is 7.14. The van der Waals surface area contributed by atoms with Gasteiger partial charge >= 0.3 is 0 Å². The molecule has 0 saturated heterocycles. The fraction of sp³-hybridized carbons (Fsp3) is 0.778. The van der Waals surface area contributed by atoms with E-state index in [2.05, 4.69) is 28.9 Å². The van der Waals surface area contributed by atoms with Crippen LogP contribution in [0.2, 0.25) is 0 Å². The van der Waals surface area contributed by atoms with Gasteiger partial charge in [0.15, 0.2) is 0 Å². The molecule has 0 heterocycles. The van der Waals surface area contributed by atoms with Gasteiger partial charge in [-0.3, -0.25) is 0 Å². The highest BCUT2D eigenvalue weighted by molar-refractivity contribution is 9.09. The van der Waals surface area contributed by atoms with Gasteiger partial charge in [-0.05, 0) is 37.5 Å². The van der Waals surface area contributed by atoms with Gasteiger partial charge in [0.2, 0.25) is 0 Å². The minimum atomic E-state index is 0.935. The van der Waals surface area contributed by atoms with E-state index < -0.39 is 0 Å². The Bertz CT molecular complexity index is 172. The van der Waals surface area contributed by atoms with Crippen molar-refractivity contribution < 1.29 is 0 Å². The Morgan fingerprint density at radius 3 is 2.80 bits per heavy atom. The fourth-order valence-electron chi connectivity index (χ4n) is 2.53. The van der Waals surface area contributed by atoms with Crippen LogP contribution in [0.25, 0.3) is 0 Å². The smallest absolute Gasteiger partial charge is 0.00656 e. The van der Waals surface area contributed by atoms with Crippen molar-refractivity contribution in [2.24, 2.45) is 17.8 Å². The van der Waals surface area contributed by atoms with Crippen LogP contribution >= 0.6 is 15.9 Å². The van der Waals surface area contributed by atoms with Crippen molar-refractivity contribution in [1.82, 2.24) is 0 Å². The molecule has 1 saturated carbocycles. The van der Waals surface area contributed by atoms with Gasteiger partial charge in [-0.15, -0.1) is 0 Å². The van der Waals surface area contributed by atoms with Crippen molar-refractivity contribution in [3.63, 3.8) is 0 Å². The fourth-order valence-corrected chi connectivity index (χ4v) is 3.24. The average Bonchev–Trinajstić information content (AvgIpc) is 2.44. The molecule has 0 aliphatic heterocycles. The molecular formula is C9H13Br. The first-order chi connectivity index (χ1) is 4.81. The molecule has 56 valence electrons. The van der Waals surface area contributed by atoms with Crippen LogP contribution in [0.1, 0.15) is 19.8 Å². The average molecular weight is 201 g/mol. The van der Waals surface area contributed by atoms with Crippen LogP contribution in [0, 0.1) is 17.8 Å². The lowest BCUT2D eigenvalue weighted by molar-refractivity contribution is 0.482. The Morgan fingerprint density at radius 2 is 2.40 bits per heavy atom. The van der Waals surface area contributed by atoms with Crippen molar-refractivity contribution in [2.45, 2.75) is 19.8 Å². The number of halogens is 1. The molecule has 0 radical (unpaired) electrons. The number of alkyl halides is 1. The summed E-state index contributed by atoms with van der Waals surface area (Å²) in [6.07, 6.45) is 5.36. The summed E-state index contributed by atoms with van der Waals surface area (Å²) in [5, 5.41) is 1.21. The predicted octanol–water partition coefficient (Wildman–Crippen LogP) is 2.98. The van der Waals surface area contributed by atoms with Gasteiger partial charge in [-0.25, -0.2) is 0 Å². The van der Waals surface area contributed by atoms with Crippen molar-refractivity contribution in [1.29, 1.82) is 0 Å². The maximum absolute atomic E-state index is 3.58. The van der Waals surface area contributed by atoms with E-state index in [0.717, 1.165) is 17.8 Å². The highest BCUT2D eigenvalue weighted by Crippen LogP contribution is 2.47. The van der Waals surface area contributed by atoms with E-state index in [1.54, 1.807) is 5.57 Å². The molecule has 0 aromatic rings. The van der Waals surface area contributed by atoms with Crippen LogP contribution < -0.4 is 0 Å². The highest BCUT2D eigenvalue weighted by atomic mass is 79.9. The van der Waals surface area contributed by atoms with Crippen molar-refractivity contribution >= 4 is 15.9 Å². The second kappa shape index (κ2) is 2.37. The van der Waals surface area contributed by atoms with Gasteiger partial charge in [0.05, 0.1) is 0 Å². The van der Waals surface area contributed by atoms with Gasteiger partial charge in [0, 0.05) is 5.33 Å². The van der Waals surface area contributed by atoms with E-state index in [-0.39, 0.29) is 0 Å². The molecule has 3 unspecified atom stereocenters. The molecule has 2 aliphatic carbocycles. The van der Waals surface area contributed by atoms with Crippen LogP contribution in [-0.2, 0) is 0 Å². The molecule has 10 heavy (non-hydrogen) atoms. The van der Waals surface area contributed by atoms with E-state index in [4.69, 9.17) is 0 Å². The normalized spacial score (nSPS) is 44.2. The molecule has 0 spiro atoms. The Kier molecular flexibility index (Phi) is 1.63. The summed E-state index contributed by atoms with van der Waals surface area (Å²) >= 11 is 3.58. The van der Waals surface area contributed by atoms with Crippen LogP contribution in [0.15, 0.2) is 11.6 Å². The first kappa shape index (κ1) is 6.90. The largest absolute Gasteiger partial charge is 0.0925 e.